The Morgan fingerprint density at radius 3 is 2.71 bits per heavy atom. The van der Waals surface area contributed by atoms with Crippen LogP contribution in [0.1, 0.15) is 17.7 Å². The van der Waals surface area contributed by atoms with E-state index in [0.29, 0.717) is 19.6 Å². The molecular formula is C16H17FN2O2. The lowest BCUT2D eigenvalue weighted by Crippen LogP contribution is -2.26. The van der Waals surface area contributed by atoms with Crippen molar-refractivity contribution in [2.45, 2.75) is 19.5 Å². The van der Waals surface area contributed by atoms with Gasteiger partial charge in [0.25, 0.3) is 0 Å². The van der Waals surface area contributed by atoms with Gasteiger partial charge in [0.15, 0.2) is 0 Å². The van der Waals surface area contributed by atoms with Crippen molar-refractivity contribution >= 4 is 5.97 Å². The molecule has 0 aliphatic rings. The Morgan fingerprint density at radius 2 is 2.05 bits per heavy atom. The van der Waals surface area contributed by atoms with Crippen molar-refractivity contribution in [3.05, 3.63) is 65.7 Å². The Balaban J connectivity index is 2.06. The van der Waals surface area contributed by atoms with Crippen LogP contribution in [0.3, 0.4) is 0 Å². The van der Waals surface area contributed by atoms with Crippen LogP contribution in [0.5, 0.6) is 0 Å². The fourth-order valence-electron chi connectivity index (χ4n) is 2.08. The number of aromatic nitrogens is 1. The molecule has 0 saturated carbocycles. The summed E-state index contributed by atoms with van der Waals surface area (Å²) in [5, 5.41) is 8.84. The van der Waals surface area contributed by atoms with Gasteiger partial charge in [-0.3, -0.25) is 14.7 Å². The summed E-state index contributed by atoms with van der Waals surface area (Å²) in [4.78, 5) is 17.0. The molecule has 1 N–H and O–H groups in total. The number of halogens is 1. The second-order valence-electron chi connectivity index (χ2n) is 4.81. The van der Waals surface area contributed by atoms with Gasteiger partial charge in [0.2, 0.25) is 0 Å². The quantitative estimate of drug-likeness (QED) is 0.851. The molecule has 110 valence electrons. The minimum atomic E-state index is -0.847. The van der Waals surface area contributed by atoms with Gasteiger partial charge in [-0.1, -0.05) is 18.2 Å². The Bertz CT molecular complexity index is 590. The average molecular weight is 288 g/mol. The van der Waals surface area contributed by atoms with Crippen molar-refractivity contribution in [1.82, 2.24) is 9.88 Å². The zero-order valence-electron chi connectivity index (χ0n) is 11.6. The predicted molar refractivity (Wildman–Crippen MR) is 77.0 cm³/mol. The number of pyridine rings is 1. The molecule has 0 radical (unpaired) electrons. The average Bonchev–Trinajstić information content (AvgIpc) is 2.46. The Hall–Kier alpha value is -2.27. The van der Waals surface area contributed by atoms with Crippen LogP contribution in [0.15, 0.2) is 48.7 Å². The summed E-state index contributed by atoms with van der Waals surface area (Å²) in [6.45, 7) is 1.41. The summed E-state index contributed by atoms with van der Waals surface area (Å²) >= 11 is 0. The molecule has 0 spiro atoms. The number of benzene rings is 1. The second kappa shape index (κ2) is 7.50. The molecule has 2 rings (SSSR count). The molecule has 0 unspecified atom stereocenters. The maximum Gasteiger partial charge on any atom is 0.304 e. The van der Waals surface area contributed by atoms with Gasteiger partial charge in [0.05, 0.1) is 12.1 Å². The summed E-state index contributed by atoms with van der Waals surface area (Å²) in [7, 11) is 0. The molecule has 0 atom stereocenters. The van der Waals surface area contributed by atoms with E-state index in [4.69, 9.17) is 5.11 Å². The van der Waals surface area contributed by atoms with Gasteiger partial charge < -0.3 is 5.11 Å². The summed E-state index contributed by atoms with van der Waals surface area (Å²) in [5.74, 6) is -1.14. The Labute approximate surface area is 122 Å². The first-order valence-corrected chi connectivity index (χ1v) is 6.72. The standard InChI is InChI=1S/C16H17FN2O2/c17-14-5-3-4-13(10-14)11-19(9-7-16(20)21)12-15-6-1-2-8-18-15/h1-6,8,10H,7,9,11-12H2,(H,20,21). The van der Waals surface area contributed by atoms with Crippen molar-refractivity contribution in [3.63, 3.8) is 0 Å². The third-order valence-electron chi connectivity index (χ3n) is 3.05. The van der Waals surface area contributed by atoms with Crippen molar-refractivity contribution in [2.24, 2.45) is 0 Å². The predicted octanol–water partition coefficient (Wildman–Crippen LogP) is 2.70. The zero-order chi connectivity index (χ0) is 15.1. The molecule has 21 heavy (non-hydrogen) atoms. The molecule has 1 aromatic heterocycles. The summed E-state index contributed by atoms with van der Waals surface area (Å²) < 4.78 is 13.2. The van der Waals surface area contributed by atoms with Crippen molar-refractivity contribution in [2.75, 3.05) is 6.54 Å². The van der Waals surface area contributed by atoms with Crippen LogP contribution in [-0.4, -0.2) is 27.5 Å². The van der Waals surface area contributed by atoms with Gasteiger partial charge in [0, 0.05) is 25.8 Å². The van der Waals surface area contributed by atoms with Crippen LogP contribution in [-0.2, 0) is 17.9 Å². The Morgan fingerprint density at radius 1 is 1.19 bits per heavy atom. The molecule has 0 fully saturated rings. The number of hydrogen-bond donors (Lipinski definition) is 1. The highest BCUT2D eigenvalue weighted by Gasteiger charge is 2.10. The summed E-state index contributed by atoms with van der Waals surface area (Å²) in [6.07, 6.45) is 1.75. The van der Waals surface area contributed by atoms with Crippen molar-refractivity contribution in [1.29, 1.82) is 0 Å². The lowest BCUT2D eigenvalue weighted by atomic mass is 10.2. The lowest BCUT2D eigenvalue weighted by Gasteiger charge is -2.21. The monoisotopic (exact) mass is 288 g/mol. The molecule has 0 bridgehead atoms. The Kier molecular flexibility index (Phi) is 5.40. The number of carbonyl (C=O) groups is 1. The van der Waals surface area contributed by atoms with Gasteiger partial charge >= 0.3 is 5.97 Å². The second-order valence-corrected chi connectivity index (χ2v) is 4.81. The molecule has 1 heterocycles. The zero-order valence-corrected chi connectivity index (χ0v) is 11.6. The van der Waals surface area contributed by atoms with Crippen LogP contribution < -0.4 is 0 Å². The first-order chi connectivity index (χ1) is 10.1. The SMILES string of the molecule is O=C(O)CCN(Cc1cccc(F)c1)Cc1ccccn1. The van der Waals surface area contributed by atoms with E-state index >= 15 is 0 Å². The summed E-state index contributed by atoms with van der Waals surface area (Å²) in [6, 6.07) is 11.9. The van der Waals surface area contributed by atoms with E-state index < -0.39 is 5.97 Å². The van der Waals surface area contributed by atoms with E-state index in [1.165, 1.54) is 12.1 Å². The normalized spacial score (nSPS) is 10.8. The van der Waals surface area contributed by atoms with Gasteiger partial charge in [-0.05, 0) is 29.8 Å². The highest BCUT2D eigenvalue weighted by atomic mass is 19.1. The van der Waals surface area contributed by atoms with E-state index in [9.17, 15) is 9.18 Å². The van der Waals surface area contributed by atoms with Crippen LogP contribution in [0, 0.1) is 5.82 Å². The van der Waals surface area contributed by atoms with Gasteiger partial charge in [-0.25, -0.2) is 4.39 Å². The van der Waals surface area contributed by atoms with E-state index in [1.54, 1.807) is 12.3 Å². The highest BCUT2D eigenvalue weighted by molar-refractivity contribution is 5.66. The first-order valence-electron chi connectivity index (χ1n) is 6.72. The largest absolute Gasteiger partial charge is 0.481 e. The molecule has 4 nitrogen and oxygen atoms in total. The van der Waals surface area contributed by atoms with Crippen LogP contribution >= 0.6 is 0 Å². The van der Waals surface area contributed by atoms with Gasteiger partial charge in [0.1, 0.15) is 5.82 Å². The molecule has 0 aliphatic carbocycles. The molecule has 2 aromatic rings. The van der Waals surface area contributed by atoms with E-state index in [2.05, 4.69) is 4.98 Å². The number of carboxylic acids is 1. The number of rotatable bonds is 7. The molecule has 1 aromatic carbocycles. The minimum Gasteiger partial charge on any atom is -0.481 e. The fraction of sp³-hybridized carbons (Fsp3) is 0.250. The third kappa shape index (κ3) is 5.31. The highest BCUT2D eigenvalue weighted by Crippen LogP contribution is 2.10. The molecule has 5 heteroatoms. The fourth-order valence-corrected chi connectivity index (χ4v) is 2.08. The first kappa shape index (κ1) is 15.1. The maximum atomic E-state index is 13.2. The topological polar surface area (TPSA) is 53.4 Å². The molecular weight excluding hydrogens is 271 g/mol. The van der Waals surface area contributed by atoms with Gasteiger partial charge in [-0.15, -0.1) is 0 Å². The maximum absolute atomic E-state index is 13.2. The van der Waals surface area contributed by atoms with Crippen molar-refractivity contribution < 1.29 is 14.3 Å². The van der Waals surface area contributed by atoms with Gasteiger partial charge in [-0.2, -0.15) is 0 Å². The van der Waals surface area contributed by atoms with E-state index in [0.717, 1.165) is 11.3 Å². The van der Waals surface area contributed by atoms with E-state index in [1.807, 2.05) is 29.2 Å². The van der Waals surface area contributed by atoms with Crippen molar-refractivity contribution in [3.8, 4) is 0 Å². The van der Waals surface area contributed by atoms with E-state index in [-0.39, 0.29) is 12.2 Å². The van der Waals surface area contributed by atoms with Crippen LogP contribution in [0.4, 0.5) is 4.39 Å². The molecule has 0 saturated heterocycles. The third-order valence-corrected chi connectivity index (χ3v) is 3.05. The molecule has 0 amide bonds. The minimum absolute atomic E-state index is 0.0438. The van der Waals surface area contributed by atoms with Crippen LogP contribution in [0.2, 0.25) is 0 Å². The number of aliphatic carboxylic acids is 1. The van der Waals surface area contributed by atoms with Crippen LogP contribution in [0.25, 0.3) is 0 Å². The smallest absolute Gasteiger partial charge is 0.304 e. The number of hydrogen-bond acceptors (Lipinski definition) is 3. The lowest BCUT2D eigenvalue weighted by molar-refractivity contribution is -0.137. The number of nitrogens with zero attached hydrogens (tertiary/aromatic N) is 2. The summed E-state index contributed by atoms with van der Waals surface area (Å²) in [5.41, 5.74) is 1.68. The number of carboxylic acid groups (broad SMARTS) is 1. The molecule has 0 aliphatic heterocycles.